The Morgan fingerprint density at radius 3 is 2.65 bits per heavy atom. The number of thioether (sulfide) groups is 1. The molecule has 0 saturated carbocycles. The third-order valence-corrected chi connectivity index (χ3v) is 3.15. The first-order chi connectivity index (χ1) is 8.26. The van der Waals surface area contributed by atoms with Gasteiger partial charge >= 0.3 is 0 Å². The Morgan fingerprint density at radius 2 is 2.06 bits per heavy atom. The largest absolute Gasteiger partial charge is 0.409 e. The van der Waals surface area contributed by atoms with Crippen molar-refractivity contribution >= 4 is 23.3 Å². The molecular weight excluding hydrogens is 234 g/mol. The van der Waals surface area contributed by atoms with Crippen molar-refractivity contribution < 1.29 is 5.21 Å². The number of rotatable bonds is 7. The summed E-state index contributed by atoms with van der Waals surface area (Å²) >= 11 is 1.74. The number of amidine groups is 1. The Bertz CT molecular complexity index is 351. The molecule has 0 saturated heterocycles. The van der Waals surface area contributed by atoms with Crippen molar-refractivity contribution in [2.75, 3.05) is 18.1 Å². The lowest BCUT2D eigenvalue weighted by atomic mass is 10.2. The van der Waals surface area contributed by atoms with Crippen LogP contribution >= 0.6 is 11.8 Å². The van der Waals surface area contributed by atoms with Gasteiger partial charge in [-0.15, -0.1) is 11.8 Å². The van der Waals surface area contributed by atoms with Crippen LogP contribution in [0.2, 0.25) is 0 Å². The highest BCUT2D eigenvalue weighted by Crippen LogP contribution is 2.17. The summed E-state index contributed by atoms with van der Waals surface area (Å²) in [6.45, 7) is 0.900. The molecule has 5 heteroatoms. The molecule has 0 fully saturated rings. The first-order valence-corrected chi connectivity index (χ1v) is 6.83. The average molecular weight is 253 g/mol. The maximum atomic E-state index is 8.36. The molecule has 0 aliphatic heterocycles. The van der Waals surface area contributed by atoms with E-state index in [1.807, 2.05) is 0 Å². The topological polar surface area (TPSA) is 70.6 Å². The lowest BCUT2D eigenvalue weighted by molar-refractivity contribution is 0.316. The van der Waals surface area contributed by atoms with E-state index >= 15 is 0 Å². The molecule has 0 spiro atoms. The minimum Gasteiger partial charge on any atom is -0.409 e. The third-order valence-electron chi connectivity index (χ3n) is 2.41. The van der Waals surface area contributed by atoms with Gasteiger partial charge in [0, 0.05) is 23.5 Å². The van der Waals surface area contributed by atoms with E-state index in [4.69, 9.17) is 10.9 Å². The number of unbranched alkanes of at least 4 members (excludes halogenated alkanes) is 1. The van der Waals surface area contributed by atoms with E-state index < -0.39 is 0 Å². The fourth-order valence-electron chi connectivity index (χ4n) is 1.42. The molecule has 17 heavy (non-hydrogen) atoms. The highest BCUT2D eigenvalue weighted by molar-refractivity contribution is 7.98. The first-order valence-electron chi connectivity index (χ1n) is 5.60. The monoisotopic (exact) mass is 253 g/mol. The van der Waals surface area contributed by atoms with Gasteiger partial charge in [-0.2, -0.15) is 0 Å². The maximum Gasteiger partial charge on any atom is 0.139 e. The second-order valence-corrected chi connectivity index (χ2v) is 4.58. The average Bonchev–Trinajstić information content (AvgIpc) is 2.38. The van der Waals surface area contributed by atoms with Gasteiger partial charge in [0.2, 0.25) is 0 Å². The van der Waals surface area contributed by atoms with E-state index in [9.17, 15) is 0 Å². The molecule has 0 amide bonds. The summed E-state index contributed by atoms with van der Waals surface area (Å²) in [4.78, 5) is 1.27. The third kappa shape index (κ3) is 5.49. The van der Waals surface area contributed by atoms with Crippen LogP contribution < -0.4 is 11.1 Å². The van der Waals surface area contributed by atoms with E-state index in [2.05, 4.69) is 41.0 Å². The number of nitrogens with one attached hydrogen (secondary N) is 1. The summed E-state index contributed by atoms with van der Waals surface area (Å²) in [7, 11) is 0. The summed E-state index contributed by atoms with van der Waals surface area (Å²) < 4.78 is 0. The number of hydrogen-bond acceptors (Lipinski definition) is 4. The van der Waals surface area contributed by atoms with Gasteiger partial charge < -0.3 is 16.3 Å². The van der Waals surface area contributed by atoms with E-state index in [0.29, 0.717) is 12.3 Å². The van der Waals surface area contributed by atoms with Gasteiger partial charge in [0.05, 0.1) is 0 Å². The maximum absolute atomic E-state index is 8.36. The molecule has 0 aromatic heterocycles. The van der Waals surface area contributed by atoms with E-state index in [1.54, 1.807) is 11.8 Å². The zero-order chi connectivity index (χ0) is 12.5. The van der Waals surface area contributed by atoms with Crippen LogP contribution in [0.25, 0.3) is 0 Å². The van der Waals surface area contributed by atoms with Crippen molar-refractivity contribution in [3.63, 3.8) is 0 Å². The van der Waals surface area contributed by atoms with Crippen LogP contribution in [0, 0.1) is 0 Å². The van der Waals surface area contributed by atoms with Gasteiger partial charge in [0.25, 0.3) is 0 Å². The summed E-state index contributed by atoms with van der Waals surface area (Å²) in [5, 5.41) is 14.6. The van der Waals surface area contributed by atoms with Crippen LogP contribution in [0.5, 0.6) is 0 Å². The minimum atomic E-state index is 0.300. The van der Waals surface area contributed by atoms with Gasteiger partial charge in [-0.05, 0) is 43.4 Å². The highest BCUT2D eigenvalue weighted by Gasteiger charge is 1.95. The summed E-state index contributed by atoms with van der Waals surface area (Å²) in [6.07, 6.45) is 4.63. The molecule has 1 aromatic carbocycles. The molecule has 1 rings (SSSR count). The second kappa shape index (κ2) is 7.84. The molecule has 0 atom stereocenters. The van der Waals surface area contributed by atoms with Crippen LogP contribution in [-0.2, 0) is 0 Å². The Labute approximate surface area is 106 Å². The lowest BCUT2D eigenvalue weighted by Crippen LogP contribution is -2.11. The van der Waals surface area contributed by atoms with Crippen LogP contribution in [0.4, 0.5) is 5.69 Å². The van der Waals surface area contributed by atoms with Gasteiger partial charge in [-0.1, -0.05) is 5.16 Å². The van der Waals surface area contributed by atoms with E-state index in [-0.39, 0.29) is 0 Å². The number of hydrogen-bond donors (Lipinski definition) is 3. The highest BCUT2D eigenvalue weighted by atomic mass is 32.2. The number of nitrogens with zero attached hydrogens (tertiary/aromatic N) is 1. The second-order valence-electron chi connectivity index (χ2n) is 3.70. The Morgan fingerprint density at radius 1 is 1.35 bits per heavy atom. The van der Waals surface area contributed by atoms with E-state index in [1.165, 1.54) is 4.90 Å². The zero-order valence-electron chi connectivity index (χ0n) is 10.0. The Balaban J connectivity index is 2.17. The Hall–Kier alpha value is -1.36. The fraction of sp³-hybridized carbons (Fsp3) is 0.417. The van der Waals surface area contributed by atoms with Gasteiger partial charge in [-0.25, -0.2) is 0 Å². The van der Waals surface area contributed by atoms with Gasteiger partial charge in [-0.3, -0.25) is 0 Å². The van der Waals surface area contributed by atoms with Crippen molar-refractivity contribution in [3.05, 3.63) is 24.3 Å². The summed E-state index contributed by atoms with van der Waals surface area (Å²) in [5.41, 5.74) is 6.51. The molecule has 0 radical (unpaired) electrons. The van der Waals surface area contributed by atoms with Gasteiger partial charge in [0.1, 0.15) is 5.84 Å². The first kappa shape index (κ1) is 13.7. The molecule has 1 aromatic rings. The van der Waals surface area contributed by atoms with Crippen molar-refractivity contribution in [1.29, 1.82) is 0 Å². The van der Waals surface area contributed by atoms with E-state index in [0.717, 1.165) is 25.1 Å². The van der Waals surface area contributed by atoms with Crippen LogP contribution in [0.3, 0.4) is 0 Å². The number of benzene rings is 1. The van der Waals surface area contributed by atoms with Crippen LogP contribution in [-0.4, -0.2) is 23.8 Å². The Kier molecular flexibility index (Phi) is 6.32. The number of nitrogens with two attached hydrogens (primary N) is 1. The quantitative estimate of drug-likeness (QED) is 0.174. The van der Waals surface area contributed by atoms with Crippen molar-refractivity contribution in [2.45, 2.75) is 24.2 Å². The molecule has 0 aliphatic carbocycles. The van der Waals surface area contributed by atoms with Crippen LogP contribution in [0.15, 0.2) is 34.3 Å². The molecule has 0 heterocycles. The molecular formula is C12H19N3OS. The summed E-state index contributed by atoms with van der Waals surface area (Å²) in [5.74, 6) is 0.300. The molecule has 4 nitrogen and oxygen atoms in total. The molecule has 0 unspecified atom stereocenters. The fourth-order valence-corrected chi connectivity index (χ4v) is 1.83. The number of oxime groups is 1. The normalized spacial score (nSPS) is 11.5. The van der Waals surface area contributed by atoms with Crippen LogP contribution in [0.1, 0.15) is 19.3 Å². The smallest absolute Gasteiger partial charge is 0.139 e. The molecule has 0 aliphatic rings. The number of anilines is 1. The predicted molar refractivity (Wildman–Crippen MR) is 74.0 cm³/mol. The molecule has 0 bridgehead atoms. The molecule has 4 N–H and O–H groups in total. The predicted octanol–water partition coefficient (Wildman–Crippen LogP) is 2.74. The van der Waals surface area contributed by atoms with Gasteiger partial charge in [0.15, 0.2) is 0 Å². The summed E-state index contributed by atoms with van der Waals surface area (Å²) in [6, 6.07) is 8.36. The SMILES string of the molecule is CSc1ccc(NCCCCC(N)=NO)cc1. The van der Waals surface area contributed by atoms with Crippen molar-refractivity contribution in [3.8, 4) is 0 Å². The van der Waals surface area contributed by atoms with Crippen molar-refractivity contribution in [1.82, 2.24) is 0 Å². The zero-order valence-corrected chi connectivity index (χ0v) is 10.8. The molecule has 94 valence electrons. The minimum absolute atomic E-state index is 0.300. The lowest BCUT2D eigenvalue weighted by Gasteiger charge is -2.06. The standard InChI is InChI=1S/C12H19N3OS/c1-17-11-7-5-10(6-8-11)14-9-3-2-4-12(13)15-16/h5-8,14,16H,2-4,9H2,1H3,(H2,13,15). The van der Waals surface area contributed by atoms with Crippen molar-refractivity contribution in [2.24, 2.45) is 10.9 Å².